The van der Waals surface area contributed by atoms with Crippen LogP contribution >= 0.6 is 11.6 Å². The van der Waals surface area contributed by atoms with Gasteiger partial charge < -0.3 is 19.5 Å². The van der Waals surface area contributed by atoms with Crippen LogP contribution in [-0.2, 0) is 13.0 Å². The molecule has 214 valence electrons. The maximum atomic E-state index is 14.9. The number of halogens is 2. The van der Waals surface area contributed by atoms with Crippen molar-refractivity contribution >= 4 is 34.4 Å². The zero-order valence-corrected chi connectivity index (χ0v) is 23.6. The van der Waals surface area contributed by atoms with E-state index in [-0.39, 0.29) is 29.0 Å². The molecule has 2 N–H and O–H groups in total. The number of aromatic nitrogens is 2. The van der Waals surface area contributed by atoms with E-state index in [0.717, 1.165) is 11.3 Å². The first kappa shape index (κ1) is 28.6. The van der Waals surface area contributed by atoms with Gasteiger partial charge in [0.25, 0.3) is 5.56 Å². The summed E-state index contributed by atoms with van der Waals surface area (Å²) < 4.78 is 26.2. The van der Waals surface area contributed by atoms with E-state index in [4.69, 9.17) is 21.1 Å². The van der Waals surface area contributed by atoms with Gasteiger partial charge in [-0.1, -0.05) is 41.9 Å². The fourth-order valence-electron chi connectivity index (χ4n) is 4.68. The van der Waals surface area contributed by atoms with E-state index in [0.29, 0.717) is 40.4 Å². The lowest BCUT2D eigenvalue weighted by molar-refractivity contribution is 0.0697. The second kappa shape index (κ2) is 12.3. The van der Waals surface area contributed by atoms with Gasteiger partial charge in [-0.15, -0.1) is 0 Å². The summed E-state index contributed by atoms with van der Waals surface area (Å²) in [6, 6.07) is 21.9. The van der Waals surface area contributed by atoms with Crippen LogP contribution in [0.5, 0.6) is 11.5 Å². The lowest BCUT2D eigenvalue weighted by atomic mass is 10.0. The van der Waals surface area contributed by atoms with E-state index in [1.54, 1.807) is 61.5 Å². The van der Waals surface area contributed by atoms with Crippen molar-refractivity contribution in [3.63, 3.8) is 0 Å². The Morgan fingerprint density at radius 1 is 1.07 bits per heavy atom. The van der Waals surface area contributed by atoms with Gasteiger partial charge in [0.1, 0.15) is 22.8 Å². The molecule has 8 nitrogen and oxygen atoms in total. The number of anilines is 1. The number of nitrogens with zero attached hydrogens (tertiary/aromatic N) is 2. The standard InChI is InChI=1S/C32H27ClFN3O5/c1-37(18-19-6-10-24(41-2)11-7-19)32-35-29-26(34)12-8-20(28(29)30(38)36-32)14-15-42-27-13-9-23(33)17-25(27)21-4-3-5-22(16-21)31(39)40/h3-13,16-17H,14-15,18H2,1-2H3,(H,39,40)(H,35,36,38). The van der Waals surface area contributed by atoms with Crippen molar-refractivity contribution in [1.82, 2.24) is 9.97 Å². The number of hydrogen-bond acceptors (Lipinski definition) is 6. The number of aromatic carboxylic acids is 1. The molecular weight excluding hydrogens is 561 g/mol. The van der Waals surface area contributed by atoms with Crippen molar-refractivity contribution < 1.29 is 23.8 Å². The number of nitrogens with one attached hydrogen (secondary N) is 1. The molecule has 0 saturated heterocycles. The molecule has 10 heteroatoms. The third-order valence-electron chi connectivity index (χ3n) is 6.82. The van der Waals surface area contributed by atoms with Crippen molar-refractivity contribution in [2.24, 2.45) is 0 Å². The highest BCUT2D eigenvalue weighted by Crippen LogP contribution is 2.33. The number of fused-ring (bicyclic) bond motifs is 1. The van der Waals surface area contributed by atoms with Crippen LogP contribution in [0.25, 0.3) is 22.0 Å². The molecule has 0 spiro atoms. The van der Waals surface area contributed by atoms with Crippen LogP contribution in [0.4, 0.5) is 10.3 Å². The Hall–Kier alpha value is -4.89. The molecule has 0 amide bonds. The van der Waals surface area contributed by atoms with E-state index >= 15 is 0 Å². The Morgan fingerprint density at radius 3 is 2.60 bits per heavy atom. The van der Waals surface area contributed by atoms with Gasteiger partial charge in [-0.3, -0.25) is 9.78 Å². The maximum Gasteiger partial charge on any atom is 0.335 e. The first-order valence-electron chi connectivity index (χ1n) is 13.0. The SMILES string of the molecule is COc1ccc(CN(C)c2nc3c(F)ccc(CCOc4ccc(Cl)cc4-c4cccc(C(=O)O)c4)c3c(=O)[nH]2)cc1. The molecule has 1 heterocycles. The van der Waals surface area contributed by atoms with Gasteiger partial charge in [0.2, 0.25) is 5.95 Å². The van der Waals surface area contributed by atoms with E-state index < -0.39 is 17.3 Å². The Labute approximate surface area is 245 Å². The quantitative estimate of drug-likeness (QED) is 0.196. The molecule has 0 aliphatic heterocycles. The third kappa shape index (κ3) is 6.21. The van der Waals surface area contributed by atoms with Crippen LogP contribution in [-0.4, -0.2) is 41.8 Å². The summed E-state index contributed by atoms with van der Waals surface area (Å²) in [4.78, 5) is 33.6. The van der Waals surface area contributed by atoms with Crippen molar-refractivity contribution in [3.05, 3.63) is 117 Å². The molecule has 5 rings (SSSR count). The maximum absolute atomic E-state index is 14.9. The molecule has 0 radical (unpaired) electrons. The molecule has 42 heavy (non-hydrogen) atoms. The van der Waals surface area contributed by atoms with Crippen molar-refractivity contribution in [2.75, 3.05) is 25.7 Å². The van der Waals surface area contributed by atoms with Crippen LogP contribution in [0, 0.1) is 5.82 Å². The van der Waals surface area contributed by atoms with Crippen LogP contribution in [0.1, 0.15) is 21.5 Å². The number of carboxylic acids is 1. The summed E-state index contributed by atoms with van der Waals surface area (Å²) in [6.07, 6.45) is 0.291. The van der Waals surface area contributed by atoms with Gasteiger partial charge in [-0.2, -0.15) is 0 Å². The minimum absolute atomic E-state index is 0.0227. The average molecular weight is 588 g/mol. The molecular formula is C32H27ClFN3O5. The largest absolute Gasteiger partial charge is 0.497 e. The zero-order valence-electron chi connectivity index (χ0n) is 22.9. The number of methoxy groups -OCH3 is 1. The minimum Gasteiger partial charge on any atom is -0.497 e. The molecule has 0 bridgehead atoms. The highest BCUT2D eigenvalue weighted by Gasteiger charge is 2.16. The third-order valence-corrected chi connectivity index (χ3v) is 7.05. The van der Waals surface area contributed by atoms with Crippen molar-refractivity contribution in [1.29, 1.82) is 0 Å². The first-order chi connectivity index (χ1) is 20.2. The molecule has 0 unspecified atom stereocenters. The fraction of sp³-hybridized carbons (Fsp3) is 0.156. The van der Waals surface area contributed by atoms with Crippen molar-refractivity contribution in [2.45, 2.75) is 13.0 Å². The van der Waals surface area contributed by atoms with Gasteiger partial charge >= 0.3 is 5.97 Å². The number of carbonyl (C=O) groups is 1. The van der Waals surface area contributed by atoms with Crippen molar-refractivity contribution in [3.8, 4) is 22.6 Å². The number of H-pyrrole nitrogens is 1. The van der Waals surface area contributed by atoms with Gasteiger partial charge in [-0.05, 0) is 65.2 Å². The highest BCUT2D eigenvalue weighted by atomic mass is 35.5. The molecule has 0 aliphatic rings. The lowest BCUT2D eigenvalue weighted by Gasteiger charge is -2.19. The van der Waals surface area contributed by atoms with E-state index in [2.05, 4.69) is 9.97 Å². The molecule has 0 aliphatic carbocycles. The minimum atomic E-state index is -1.04. The van der Waals surface area contributed by atoms with Crippen LogP contribution < -0.4 is 19.9 Å². The molecule has 0 saturated carbocycles. The number of carboxylic acid groups (broad SMARTS) is 1. The Bertz CT molecular complexity index is 1820. The normalized spacial score (nSPS) is 11.0. The number of rotatable bonds is 10. The fourth-order valence-corrected chi connectivity index (χ4v) is 4.85. The lowest BCUT2D eigenvalue weighted by Crippen LogP contribution is -2.23. The molecule has 1 aromatic heterocycles. The molecule has 0 fully saturated rings. The Kier molecular flexibility index (Phi) is 8.40. The Balaban J connectivity index is 1.37. The summed E-state index contributed by atoms with van der Waals surface area (Å²) >= 11 is 6.23. The summed E-state index contributed by atoms with van der Waals surface area (Å²) in [5.74, 6) is -0.179. The highest BCUT2D eigenvalue weighted by molar-refractivity contribution is 6.31. The van der Waals surface area contributed by atoms with Gasteiger partial charge in [0.05, 0.1) is 24.7 Å². The number of benzene rings is 4. The van der Waals surface area contributed by atoms with Gasteiger partial charge in [-0.25, -0.2) is 14.2 Å². The van der Waals surface area contributed by atoms with E-state index in [1.807, 2.05) is 24.3 Å². The number of ether oxygens (including phenoxy) is 2. The Morgan fingerprint density at radius 2 is 1.86 bits per heavy atom. The van der Waals surface area contributed by atoms with Gasteiger partial charge in [0, 0.05) is 30.6 Å². The smallest absolute Gasteiger partial charge is 0.335 e. The molecule has 4 aromatic carbocycles. The van der Waals surface area contributed by atoms with Crippen LogP contribution in [0.15, 0.2) is 83.7 Å². The summed E-state index contributed by atoms with van der Waals surface area (Å²) in [5.41, 5.74) is 2.45. The summed E-state index contributed by atoms with van der Waals surface area (Å²) in [7, 11) is 3.36. The predicted molar refractivity (Wildman–Crippen MR) is 160 cm³/mol. The summed E-state index contributed by atoms with van der Waals surface area (Å²) in [5, 5.41) is 10.0. The second-order valence-electron chi connectivity index (χ2n) is 9.65. The predicted octanol–water partition coefficient (Wildman–Crippen LogP) is 6.35. The zero-order chi connectivity index (χ0) is 29.8. The second-order valence-corrected chi connectivity index (χ2v) is 10.1. The number of hydrogen-bond donors (Lipinski definition) is 2. The summed E-state index contributed by atoms with van der Waals surface area (Å²) in [6.45, 7) is 0.596. The first-order valence-corrected chi connectivity index (χ1v) is 13.4. The van der Waals surface area contributed by atoms with Gasteiger partial charge in [0.15, 0.2) is 0 Å². The van der Waals surface area contributed by atoms with Crippen LogP contribution in [0.2, 0.25) is 5.02 Å². The van der Waals surface area contributed by atoms with E-state index in [9.17, 15) is 19.1 Å². The monoisotopic (exact) mass is 587 g/mol. The van der Waals surface area contributed by atoms with Crippen LogP contribution in [0.3, 0.4) is 0 Å². The number of aromatic amines is 1. The average Bonchev–Trinajstić information content (AvgIpc) is 2.99. The van der Waals surface area contributed by atoms with E-state index in [1.165, 1.54) is 12.1 Å². The topological polar surface area (TPSA) is 105 Å². The molecule has 0 atom stereocenters. The molecule has 5 aromatic rings.